The molecule has 0 aromatic heterocycles. The van der Waals surface area contributed by atoms with Crippen LogP contribution in [0, 0.1) is 11.8 Å². The normalized spacial score (nSPS) is 15.8. The Kier molecular flexibility index (Phi) is 5.45. The molecule has 1 aromatic rings. The Labute approximate surface area is 138 Å². The van der Waals surface area contributed by atoms with Crippen LogP contribution in [0.25, 0.3) is 0 Å². The number of carbonyl (C=O) groups is 2. The third-order valence-corrected chi connectivity index (χ3v) is 4.05. The molecular weight excluding hydrogens is 292 g/mol. The summed E-state index contributed by atoms with van der Waals surface area (Å²) in [5, 5.41) is 0. The van der Waals surface area contributed by atoms with Crippen molar-refractivity contribution in [1.29, 1.82) is 0 Å². The maximum atomic E-state index is 12.4. The van der Waals surface area contributed by atoms with Crippen LogP contribution in [0.3, 0.4) is 0 Å². The third-order valence-electron chi connectivity index (χ3n) is 4.05. The highest BCUT2D eigenvalue weighted by atomic mass is 16.6. The number of hydrogen-bond donors (Lipinski definition) is 0. The number of ether oxygens (including phenoxy) is 2. The van der Waals surface area contributed by atoms with Gasteiger partial charge in [-0.1, -0.05) is 24.3 Å². The van der Waals surface area contributed by atoms with E-state index in [1.165, 1.54) is 11.1 Å². The summed E-state index contributed by atoms with van der Waals surface area (Å²) < 4.78 is 10.6. The van der Waals surface area contributed by atoms with E-state index in [4.69, 9.17) is 9.47 Å². The lowest BCUT2D eigenvalue weighted by Crippen LogP contribution is -2.32. The maximum Gasteiger partial charge on any atom is 0.309 e. The van der Waals surface area contributed by atoms with Gasteiger partial charge < -0.3 is 9.47 Å². The largest absolute Gasteiger partial charge is 0.466 e. The molecule has 0 fully saturated rings. The molecule has 1 unspecified atom stereocenters. The van der Waals surface area contributed by atoms with Crippen molar-refractivity contribution in [1.82, 2.24) is 0 Å². The van der Waals surface area contributed by atoms with Crippen molar-refractivity contribution >= 4 is 11.9 Å². The SMILES string of the molecule is CCOC(=O)C(CC(=O)OC(C)(C)C)C1Cc2ccccc2C1. The van der Waals surface area contributed by atoms with E-state index in [0.29, 0.717) is 6.61 Å². The highest BCUT2D eigenvalue weighted by Gasteiger charge is 2.36. The Morgan fingerprint density at radius 3 is 2.22 bits per heavy atom. The molecule has 1 aliphatic rings. The molecule has 0 heterocycles. The zero-order chi connectivity index (χ0) is 17.0. The first-order valence-corrected chi connectivity index (χ1v) is 8.25. The topological polar surface area (TPSA) is 52.6 Å². The second kappa shape index (κ2) is 7.16. The molecule has 0 spiro atoms. The van der Waals surface area contributed by atoms with Crippen molar-refractivity contribution in [2.75, 3.05) is 6.61 Å². The Bertz CT molecular complexity index is 546. The standard InChI is InChI=1S/C19H26O4/c1-5-22-18(21)16(12-17(20)23-19(2,3)4)15-10-13-8-6-7-9-14(13)11-15/h6-9,15-16H,5,10-12H2,1-4H3. The predicted molar refractivity (Wildman–Crippen MR) is 87.9 cm³/mol. The Morgan fingerprint density at radius 2 is 1.74 bits per heavy atom. The van der Waals surface area contributed by atoms with Gasteiger partial charge in [-0.15, -0.1) is 0 Å². The van der Waals surface area contributed by atoms with Crippen molar-refractivity contribution < 1.29 is 19.1 Å². The molecular formula is C19H26O4. The molecule has 0 N–H and O–H groups in total. The zero-order valence-electron chi connectivity index (χ0n) is 14.4. The molecule has 1 atom stereocenters. The van der Waals surface area contributed by atoms with Crippen molar-refractivity contribution in [3.8, 4) is 0 Å². The minimum atomic E-state index is -0.547. The van der Waals surface area contributed by atoms with Crippen LogP contribution in [0.15, 0.2) is 24.3 Å². The number of benzene rings is 1. The van der Waals surface area contributed by atoms with E-state index in [-0.39, 0.29) is 24.3 Å². The van der Waals surface area contributed by atoms with Gasteiger partial charge in [0.15, 0.2) is 0 Å². The molecule has 1 aromatic carbocycles. The van der Waals surface area contributed by atoms with Crippen molar-refractivity contribution in [2.45, 2.75) is 52.6 Å². The van der Waals surface area contributed by atoms with Crippen LogP contribution >= 0.6 is 0 Å². The summed E-state index contributed by atoms with van der Waals surface area (Å²) in [4.78, 5) is 24.5. The van der Waals surface area contributed by atoms with Crippen LogP contribution in [-0.4, -0.2) is 24.1 Å². The number of rotatable bonds is 5. The average molecular weight is 318 g/mol. The first-order valence-electron chi connectivity index (χ1n) is 8.25. The quantitative estimate of drug-likeness (QED) is 0.782. The second-order valence-corrected chi connectivity index (χ2v) is 7.09. The Hall–Kier alpha value is -1.84. The van der Waals surface area contributed by atoms with E-state index in [9.17, 15) is 9.59 Å². The fourth-order valence-electron chi connectivity index (χ4n) is 3.13. The fourth-order valence-corrected chi connectivity index (χ4v) is 3.13. The molecule has 0 radical (unpaired) electrons. The van der Waals surface area contributed by atoms with E-state index in [0.717, 1.165) is 12.8 Å². The lowest BCUT2D eigenvalue weighted by atomic mass is 9.87. The van der Waals surface area contributed by atoms with Gasteiger partial charge in [-0.3, -0.25) is 9.59 Å². The minimum Gasteiger partial charge on any atom is -0.466 e. The van der Waals surface area contributed by atoms with Crippen LogP contribution in [-0.2, 0) is 31.9 Å². The van der Waals surface area contributed by atoms with Crippen molar-refractivity contribution in [3.63, 3.8) is 0 Å². The summed E-state index contributed by atoms with van der Waals surface area (Å²) in [5.41, 5.74) is 1.97. The van der Waals surface area contributed by atoms with E-state index in [2.05, 4.69) is 12.1 Å². The summed E-state index contributed by atoms with van der Waals surface area (Å²) >= 11 is 0. The van der Waals surface area contributed by atoms with E-state index in [1.807, 2.05) is 32.9 Å². The summed E-state index contributed by atoms with van der Waals surface area (Å²) in [6, 6.07) is 8.19. The molecule has 126 valence electrons. The second-order valence-electron chi connectivity index (χ2n) is 7.09. The van der Waals surface area contributed by atoms with Gasteiger partial charge in [0, 0.05) is 0 Å². The monoisotopic (exact) mass is 318 g/mol. The van der Waals surface area contributed by atoms with Gasteiger partial charge in [-0.25, -0.2) is 0 Å². The maximum absolute atomic E-state index is 12.4. The smallest absolute Gasteiger partial charge is 0.309 e. The molecule has 2 rings (SSSR count). The van der Waals surface area contributed by atoms with Gasteiger partial charge in [-0.2, -0.15) is 0 Å². The van der Waals surface area contributed by atoms with Crippen LogP contribution in [0.4, 0.5) is 0 Å². The number of fused-ring (bicyclic) bond motifs is 1. The summed E-state index contributed by atoms with van der Waals surface area (Å²) in [6.07, 6.45) is 1.69. The van der Waals surface area contributed by atoms with Crippen LogP contribution in [0.2, 0.25) is 0 Å². The Balaban J connectivity index is 2.10. The molecule has 0 saturated heterocycles. The van der Waals surface area contributed by atoms with Gasteiger partial charge in [0.2, 0.25) is 0 Å². The average Bonchev–Trinajstić information content (AvgIpc) is 2.86. The first kappa shape index (κ1) is 17.5. The zero-order valence-corrected chi connectivity index (χ0v) is 14.4. The molecule has 0 aliphatic heterocycles. The molecule has 4 nitrogen and oxygen atoms in total. The predicted octanol–water partition coefficient (Wildman–Crippen LogP) is 3.31. The van der Waals surface area contributed by atoms with Crippen molar-refractivity contribution in [2.24, 2.45) is 11.8 Å². The van der Waals surface area contributed by atoms with Gasteiger partial charge in [0.25, 0.3) is 0 Å². The molecule has 4 heteroatoms. The van der Waals surface area contributed by atoms with Crippen molar-refractivity contribution in [3.05, 3.63) is 35.4 Å². The van der Waals surface area contributed by atoms with Crippen LogP contribution in [0.5, 0.6) is 0 Å². The summed E-state index contributed by atoms with van der Waals surface area (Å²) in [5.74, 6) is -0.987. The number of carbonyl (C=O) groups excluding carboxylic acids is 2. The molecule has 0 bridgehead atoms. The lowest BCUT2D eigenvalue weighted by Gasteiger charge is -2.24. The van der Waals surface area contributed by atoms with Crippen LogP contribution < -0.4 is 0 Å². The number of esters is 2. The van der Waals surface area contributed by atoms with Crippen LogP contribution in [0.1, 0.15) is 45.2 Å². The highest BCUT2D eigenvalue weighted by molar-refractivity contribution is 5.80. The third kappa shape index (κ3) is 4.81. The van der Waals surface area contributed by atoms with Gasteiger partial charge in [0.05, 0.1) is 18.9 Å². The van der Waals surface area contributed by atoms with E-state index in [1.54, 1.807) is 6.92 Å². The highest BCUT2D eigenvalue weighted by Crippen LogP contribution is 2.34. The van der Waals surface area contributed by atoms with Gasteiger partial charge in [0.1, 0.15) is 5.60 Å². The summed E-state index contributed by atoms with van der Waals surface area (Å²) in [7, 11) is 0. The molecule has 0 saturated carbocycles. The Morgan fingerprint density at radius 1 is 1.17 bits per heavy atom. The molecule has 23 heavy (non-hydrogen) atoms. The number of hydrogen-bond acceptors (Lipinski definition) is 4. The van der Waals surface area contributed by atoms with Gasteiger partial charge in [-0.05, 0) is 57.6 Å². The van der Waals surface area contributed by atoms with E-state index >= 15 is 0 Å². The van der Waals surface area contributed by atoms with E-state index < -0.39 is 11.5 Å². The first-order chi connectivity index (χ1) is 10.8. The van der Waals surface area contributed by atoms with Gasteiger partial charge >= 0.3 is 11.9 Å². The fraction of sp³-hybridized carbons (Fsp3) is 0.579. The minimum absolute atomic E-state index is 0.0781. The lowest BCUT2D eigenvalue weighted by molar-refractivity contribution is -0.163. The molecule has 1 aliphatic carbocycles. The summed E-state index contributed by atoms with van der Waals surface area (Å²) in [6.45, 7) is 7.59. The molecule has 0 amide bonds.